The molecule has 0 unspecified atom stereocenters. The van der Waals surface area contributed by atoms with Crippen molar-refractivity contribution in [2.45, 2.75) is 56.5 Å². The predicted molar refractivity (Wildman–Crippen MR) is 108 cm³/mol. The number of halogens is 1. The zero-order valence-electron chi connectivity index (χ0n) is 16.5. The van der Waals surface area contributed by atoms with Gasteiger partial charge in [0.05, 0.1) is 0 Å². The molecule has 6 nitrogen and oxygen atoms in total. The maximum Gasteiger partial charge on any atom is 0.325 e. The van der Waals surface area contributed by atoms with Crippen molar-refractivity contribution in [1.82, 2.24) is 15.5 Å². The van der Waals surface area contributed by atoms with Gasteiger partial charge in [0.25, 0.3) is 5.91 Å². The van der Waals surface area contributed by atoms with Crippen LogP contribution in [-0.2, 0) is 15.1 Å². The van der Waals surface area contributed by atoms with E-state index in [0.717, 1.165) is 24.2 Å². The molecule has 4 aliphatic carbocycles. The number of carbonyl (C=O) groups excluding carboxylic acids is 3. The maximum atomic E-state index is 13.1. The van der Waals surface area contributed by atoms with Crippen molar-refractivity contribution < 1.29 is 14.4 Å². The Balaban J connectivity index is 1.31. The Morgan fingerprint density at radius 3 is 2.31 bits per heavy atom. The number of hydrogen-bond donors (Lipinski definition) is 2. The van der Waals surface area contributed by atoms with Crippen molar-refractivity contribution in [3.05, 3.63) is 34.9 Å². The quantitative estimate of drug-likeness (QED) is 0.741. The summed E-state index contributed by atoms with van der Waals surface area (Å²) in [4.78, 5) is 39.5. The molecular weight excluding hydrogens is 390 g/mol. The molecular formula is C22H26ClN3O3. The van der Waals surface area contributed by atoms with Gasteiger partial charge in [0.2, 0.25) is 5.91 Å². The average molecular weight is 416 g/mol. The van der Waals surface area contributed by atoms with Gasteiger partial charge in [0.1, 0.15) is 12.1 Å². The Kier molecular flexibility index (Phi) is 4.21. The number of rotatable bonds is 4. The molecule has 5 aliphatic rings. The second kappa shape index (κ2) is 6.46. The second-order valence-electron chi connectivity index (χ2n) is 9.67. The van der Waals surface area contributed by atoms with E-state index in [1.54, 1.807) is 31.2 Å². The summed E-state index contributed by atoms with van der Waals surface area (Å²) in [5, 5.41) is 6.36. The van der Waals surface area contributed by atoms with Gasteiger partial charge in [-0.15, -0.1) is 0 Å². The van der Waals surface area contributed by atoms with Gasteiger partial charge in [0, 0.05) is 16.1 Å². The lowest BCUT2D eigenvalue weighted by Gasteiger charge is -2.56. The van der Waals surface area contributed by atoms with Gasteiger partial charge >= 0.3 is 6.03 Å². The third-order valence-electron chi connectivity index (χ3n) is 7.43. The number of nitrogens with one attached hydrogen (secondary N) is 2. The van der Waals surface area contributed by atoms with Gasteiger partial charge in [-0.25, -0.2) is 4.79 Å². The fraction of sp³-hybridized carbons (Fsp3) is 0.591. The fourth-order valence-electron chi connectivity index (χ4n) is 6.63. The molecule has 1 aromatic carbocycles. The molecule has 4 bridgehead atoms. The Labute approximate surface area is 175 Å². The number of nitrogens with zero attached hydrogens (tertiary/aromatic N) is 1. The number of imide groups is 1. The minimum atomic E-state index is -1.27. The molecule has 1 aliphatic heterocycles. The summed E-state index contributed by atoms with van der Waals surface area (Å²) in [7, 11) is 0. The third kappa shape index (κ3) is 3.03. The monoisotopic (exact) mass is 415 g/mol. The predicted octanol–water partition coefficient (Wildman–Crippen LogP) is 3.19. The summed E-state index contributed by atoms with van der Waals surface area (Å²) >= 11 is 6.26. The van der Waals surface area contributed by atoms with Gasteiger partial charge < -0.3 is 10.6 Å². The van der Waals surface area contributed by atoms with Crippen LogP contribution in [0.1, 0.15) is 51.0 Å². The highest BCUT2D eigenvalue weighted by Gasteiger charge is 2.53. The van der Waals surface area contributed by atoms with Crippen molar-refractivity contribution in [2.24, 2.45) is 17.8 Å². The van der Waals surface area contributed by atoms with Crippen LogP contribution in [0.3, 0.4) is 0 Å². The molecule has 4 saturated carbocycles. The third-order valence-corrected chi connectivity index (χ3v) is 7.76. The highest BCUT2D eigenvalue weighted by atomic mass is 35.5. The first-order chi connectivity index (χ1) is 13.8. The zero-order valence-corrected chi connectivity index (χ0v) is 17.3. The van der Waals surface area contributed by atoms with Crippen molar-refractivity contribution in [3.8, 4) is 0 Å². The minimum Gasteiger partial charge on any atom is -0.349 e. The molecule has 154 valence electrons. The molecule has 0 spiro atoms. The average Bonchev–Trinajstić information content (AvgIpc) is 2.84. The van der Waals surface area contributed by atoms with Crippen molar-refractivity contribution >= 4 is 29.4 Å². The number of carbonyl (C=O) groups is 3. The summed E-state index contributed by atoms with van der Waals surface area (Å²) in [5.74, 6) is 1.43. The minimum absolute atomic E-state index is 0.142. The smallest absolute Gasteiger partial charge is 0.325 e. The molecule has 0 radical (unpaired) electrons. The van der Waals surface area contributed by atoms with Crippen molar-refractivity contribution in [3.63, 3.8) is 0 Å². The van der Waals surface area contributed by atoms with Gasteiger partial charge in [-0.2, -0.15) is 0 Å². The highest BCUT2D eigenvalue weighted by molar-refractivity contribution is 6.32. The topological polar surface area (TPSA) is 78.5 Å². The van der Waals surface area contributed by atoms with Crippen LogP contribution in [0.2, 0.25) is 5.02 Å². The van der Waals surface area contributed by atoms with E-state index in [2.05, 4.69) is 10.6 Å². The Hall–Kier alpha value is -2.08. The van der Waals surface area contributed by atoms with Crippen LogP contribution in [0.5, 0.6) is 0 Å². The summed E-state index contributed by atoms with van der Waals surface area (Å²) in [5.41, 5.74) is -0.878. The van der Waals surface area contributed by atoms with Crippen LogP contribution < -0.4 is 10.6 Å². The maximum absolute atomic E-state index is 13.1. The van der Waals surface area contributed by atoms with Crippen LogP contribution in [0.4, 0.5) is 4.79 Å². The lowest BCUT2D eigenvalue weighted by atomic mass is 9.53. The van der Waals surface area contributed by atoms with Gasteiger partial charge in [-0.3, -0.25) is 14.5 Å². The van der Waals surface area contributed by atoms with E-state index in [1.807, 2.05) is 0 Å². The molecule has 29 heavy (non-hydrogen) atoms. The van der Waals surface area contributed by atoms with E-state index in [4.69, 9.17) is 11.6 Å². The van der Waals surface area contributed by atoms with E-state index in [1.165, 1.54) is 19.3 Å². The summed E-state index contributed by atoms with van der Waals surface area (Å²) in [6.07, 6.45) is 6.96. The summed E-state index contributed by atoms with van der Waals surface area (Å²) in [6, 6.07) is 6.39. The first-order valence-corrected chi connectivity index (χ1v) is 10.9. The van der Waals surface area contributed by atoms with Crippen LogP contribution in [0.15, 0.2) is 24.3 Å². The molecule has 6 rings (SSSR count). The van der Waals surface area contributed by atoms with Crippen LogP contribution in [0, 0.1) is 17.8 Å². The normalized spacial score (nSPS) is 37.7. The van der Waals surface area contributed by atoms with E-state index in [9.17, 15) is 14.4 Å². The van der Waals surface area contributed by atoms with Gasteiger partial charge in [0.15, 0.2) is 0 Å². The lowest BCUT2D eigenvalue weighted by molar-refractivity contribution is -0.136. The molecule has 4 amide bonds. The standard InChI is InChI=1S/C22H26ClN3O3/c1-21(16-4-2-3-5-17(16)23)19(28)26(20(29)25-21)12-18(27)24-22-9-13-6-14(10-22)8-15(7-13)11-22/h2-5,13-15H,6-12H2,1H3,(H,24,27)(H,25,29)/t13?,14?,15?,21-,22?/m0/s1. The number of benzene rings is 1. The van der Waals surface area contributed by atoms with E-state index < -0.39 is 17.5 Å². The van der Waals surface area contributed by atoms with E-state index in [-0.39, 0.29) is 18.0 Å². The van der Waals surface area contributed by atoms with Crippen molar-refractivity contribution in [2.75, 3.05) is 6.54 Å². The fourth-order valence-corrected chi connectivity index (χ4v) is 6.96. The van der Waals surface area contributed by atoms with Crippen molar-refractivity contribution in [1.29, 1.82) is 0 Å². The summed E-state index contributed by atoms with van der Waals surface area (Å²) < 4.78 is 0. The molecule has 1 saturated heterocycles. The van der Waals surface area contributed by atoms with Gasteiger partial charge in [-0.05, 0) is 69.3 Å². The SMILES string of the molecule is C[C@@]1(c2ccccc2Cl)NC(=O)N(CC(=O)NC23CC4CC(CC(C4)C2)C3)C1=O. The largest absolute Gasteiger partial charge is 0.349 e. The van der Waals surface area contributed by atoms with Crippen LogP contribution >= 0.6 is 11.6 Å². The molecule has 7 heteroatoms. The number of urea groups is 1. The zero-order chi connectivity index (χ0) is 20.4. The van der Waals surface area contributed by atoms with E-state index in [0.29, 0.717) is 28.3 Å². The first-order valence-electron chi connectivity index (χ1n) is 10.5. The lowest BCUT2D eigenvalue weighted by Crippen LogP contribution is -2.61. The van der Waals surface area contributed by atoms with Crippen LogP contribution in [0.25, 0.3) is 0 Å². The summed E-state index contributed by atoms with van der Waals surface area (Å²) in [6.45, 7) is 1.37. The molecule has 0 aromatic heterocycles. The second-order valence-corrected chi connectivity index (χ2v) is 10.1. The van der Waals surface area contributed by atoms with Gasteiger partial charge in [-0.1, -0.05) is 29.8 Å². The molecule has 1 atom stereocenters. The Bertz CT molecular complexity index is 866. The number of hydrogen-bond acceptors (Lipinski definition) is 3. The molecule has 1 aromatic rings. The molecule has 5 fully saturated rings. The molecule has 2 N–H and O–H groups in total. The van der Waals surface area contributed by atoms with E-state index >= 15 is 0 Å². The highest BCUT2D eigenvalue weighted by Crippen LogP contribution is 2.55. The Morgan fingerprint density at radius 2 is 1.72 bits per heavy atom. The first kappa shape index (κ1) is 18.9. The molecule has 1 heterocycles. The Morgan fingerprint density at radius 1 is 1.14 bits per heavy atom. The number of amides is 4. The van der Waals surface area contributed by atoms with Crippen LogP contribution in [-0.4, -0.2) is 34.8 Å².